The van der Waals surface area contributed by atoms with Gasteiger partial charge in [0.2, 0.25) is 0 Å². The van der Waals surface area contributed by atoms with Gasteiger partial charge in [0.25, 0.3) is 0 Å². The molecule has 0 unspecified atom stereocenters. The van der Waals surface area contributed by atoms with Gasteiger partial charge in [0, 0.05) is 42.9 Å². The molecule has 0 aliphatic heterocycles. The summed E-state index contributed by atoms with van der Waals surface area (Å²) in [5.41, 5.74) is 5.56. The van der Waals surface area contributed by atoms with E-state index in [0.717, 1.165) is 69.2 Å². The van der Waals surface area contributed by atoms with Crippen molar-refractivity contribution in [3.05, 3.63) is 111 Å². The van der Waals surface area contributed by atoms with Gasteiger partial charge in [-0.25, -0.2) is 15.0 Å². The summed E-state index contributed by atoms with van der Waals surface area (Å²) in [7, 11) is 0. The maximum absolute atomic E-state index is 9.33. The average molecular weight is 768 g/mol. The number of aliphatic hydroxyl groups is 2. The molecule has 278 valence electrons. The molecule has 7 nitrogen and oxygen atoms in total. The van der Waals surface area contributed by atoms with Gasteiger partial charge in [0.1, 0.15) is 15.0 Å². The highest BCUT2D eigenvalue weighted by molar-refractivity contribution is 7.19. The number of aliphatic hydroxyl groups excluding tert-OH is 2. The third kappa shape index (κ3) is 12.2. The predicted molar refractivity (Wildman–Crippen MR) is 230 cm³/mol. The summed E-state index contributed by atoms with van der Waals surface area (Å²) >= 11 is 9.48. The minimum atomic E-state index is 0.156. The molecule has 6 aromatic rings. The Bertz CT molecular complexity index is 2020. The van der Waals surface area contributed by atoms with Crippen molar-refractivity contribution >= 4 is 90.4 Å². The van der Waals surface area contributed by atoms with Gasteiger partial charge in [-0.15, -0.1) is 22.7 Å². The lowest BCUT2D eigenvalue weighted by Crippen LogP contribution is -2.28. The number of para-hydroxylation sites is 1. The highest BCUT2D eigenvalue weighted by Gasteiger charge is 2.09. The zero-order chi connectivity index (χ0) is 37.6. The molecule has 0 saturated carbocycles. The van der Waals surface area contributed by atoms with Crippen LogP contribution in [-0.4, -0.2) is 64.6 Å². The van der Waals surface area contributed by atoms with Crippen molar-refractivity contribution in [2.75, 3.05) is 49.2 Å². The van der Waals surface area contributed by atoms with Gasteiger partial charge in [-0.3, -0.25) is 0 Å². The first kappa shape index (κ1) is 40.1. The molecule has 0 aliphatic rings. The lowest BCUT2D eigenvalue weighted by atomic mass is 10.1. The van der Waals surface area contributed by atoms with E-state index in [9.17, 15) is 10.2 Å². The molecule has 53 heavy (non-hydrogen) atoms. The number of anilines is 2. The summed E-state index contributed by atoms with van der Waals surface area (Å²) in [6.07, 6.45) is 10.3. The zero-order valence-electron chi connectivity index (χ0n) is 31.0. The number of aromatic nitrogens is 3. The summed E-state index contributed by atoms with van der Waals surface area (Å²) in [6, 6.07) is 27.0. The first-order chi connectivity index (χ1) is 25.7. The van der Waals surface area contributed by atoms with Crippen molar-refractivity contribution in [3.63, 3.8) is 0 Å². The Labute approximate surface area is 327 Å². The van der Waals surface area contributed by atoms with Gasteiger partial charge in [0.05, 0.1) is 23.4 Å². The number of rotatable bonds is 16. The topological polar surface area (TPSA) is 85.6 Å². The Morgan fingerprint density at radius 3 is 1.77 bits per heavy atom. The molecule has 0 radical (unpaired) electrons. The largest absolute Gasteiger partial charge is 0.395 e. The third-order valence-electron chi connectivity index (χ3n) is 8.66. The van der Waals surface area contributed by atoms with Crippen molar-refractivity contribution in [1.29, 1.82) is 0 Å². The molecule has 2 N–H and O–H groups in total. The molecule has 0 bridgehead atoms. The van der Waals surface area contributed by atoms with Gasteiger partial charge < -0.3 is 20.0 Å². The molecule has 3 heterocycles. The van der Waals surface area contributed by atoms with Crippen LogP contribution < -0.4 is 9.80 Å². The summed E-state index contributed by atoms with van der Waals surface area (Å²) in [5, 5.41) is 23.0. The normalized spacial score (nSPS) is 11.7. The fraction of sp³-hybridized carbons (Fsp3) is 0.326. The van der Waals surface area contributed by atoms with Crippen molar-refractivity contribution in [2.45, 2.75) is 40.5 Å². The number of hydrogen-bond acceptors (Lipinski definition) is 9. The second kappa shape index (κ2) is 20.4. The van der Waals surface area contributed by atoms with E-state index in [4.69, 9.17) is 11.6 Å². The monoisotopic (exact) mass is 767 g/mol. The maximum Gasteiger partial charge on any atom is 0.155 e. The van der Waals surface area contributed by atoms with E-state index in [-0.39, 0.29) is 13.2 Å². The van der Waals surface area contributed by atoms with E-state index in [0.29, 0.717) is 35.9 Å². The number of benzene rings is 3. The van der Waals surface area contributed by atoms with E-state index < -0.39 is 0 Å². The standard InChI is InChI=1S/C22H26N2OS.C21H24ClN3OS/c1-17(2)13-14-24(15-16-25)19-10-7-18(8-11-19)9-12-22-23-20-5-3-4-6-21(20)26-22;1-15(2)9-11-25(12-13-26)17-6-3-16(4-7-17)5-8-19-23-20(22)18-10-14-27-21(18)24-19/h3-12,17,25H,13-16H2,1-2H3;3-8,10,14-15,26H,9,11-13H2,1-2H3/b12-9+;8-5+. The lowest BCUT2D eigenvalue weighted by molar-refractivity contribution is 0.300. The SMILES string of the molecule is CC(C)CCN(CCO)c1ccc(/C=C/c2nc(Cl)c3ccsc3n2)cc1.CC(C)CCN(CCO)c1ccc(/C=C/c2nc3ccccc3s2)cc1. The molecule has 0 spiro atoms. The molecular weight excluding hydrogens is 718 g/mol. The first-order valence-corrected chi connectivity index (χ1v) is 20.3. The third-order valence-corrected chi connectivity index (χ3v) is 10.8. The van der Waals surface area contributed by atoms with E-state index in [2.05, 4.69) is 119 Å². The van der Waals surface area contributed by atoms with Crippen LogP contribution in [0, 0.1) is 11.8 Å². The van der Waals surface area contributed by atoms with Gasteiger partial charge in [-0.2, -0.15) is 0 Å². The van der Waals surface area contributed by atoms with E-state index >= 15 is 0 Å². The summed E-state index contributed by atoms with van der Waals surface area (Å²) < 4.78 is 1.22. The molecule has 3 aromatic heterocycles. The molecular formula is C43H50ClN5O2S2. The molecule has 6 rings (SSSR count). The van der Waals surface area contributed by atoms with E-state index in [1.165, 1.54) is 4.70 Å². The van der Waals surface area contributed by atoms with Crippen LogP contribution in [0.15, 0.2) is 84.2 Å². The van der Waals surface area contributed by atoms with E-state index in [1.807, 2.05) is 41.8 Å². The summed E-state index contributed by atoms with van der Waals surface area (Å²) in [4.78, 5) is 18.9. The number of thiazole rings is 1. The number of thiophene rings is 1. The van der Waals surface area contributed by atoms with Crippen LogP contribution in [0.3, 0.4) is 0 Å². The second-order valence-corrected chi connectivity index (χ2v) is 16.0. The fourth-order valence-corrected chi connectivity index (χ4v) is 7.55. The molecule has 10 heteroatoms. The Morgan fingerprint density at radius 1 is 0.660 bits per heavy atom. The lowest BCUT2D eigenvalue weighted by Gasteiger charge is -2.25. The van der Waals surface area contributed by atoms with Gasteiger partial charge in [-0.05, 0) is 95.8 Å². The van der Waals surface area contributed by atoms with Gasteiger partial charge >= 0.3 is 0 Å². The van der Waals surface area contributed by atoms with Crippen LogP contribution in [-0.2, 0) is 0 Å². The van der Waals surface area contributed by atoms with Crippen molar-refractivity contribution in [1.82, 2.24) is 15.0 Å². The first-order valence-electron chi connectivity index (χ1n) is 18.3. The molecule has 0 aliphatic carbocycles. The van der Waals surface area contributed by atoms with Crippen molar-refractivity contribution in [2.24, 2.45) is 11.8 Å². The number of fused-ring (bicyclic) bond motifs is 2. The highest BCUT2D eigenvalue weighted by Crippen LogP contribution is 2.26. The van der Waals surface area contributed by atoms with Crippen LogP contribution >= 0.6 is 34.3 Å². The number of hydrogen-bond donors (Lipinski definition) is 2. The van der Waals surface area contributed by atoms with Crippen molar-refractivity contribution < 1.29 is 10.2 Å². The van der Waals surface area contributed by atoms with E-state index in [1.54, 1.807) is 22.7 Å². The Morgan fingerprint density at radius 2 is 1.23 bits per heavy atom. The molecule has 0 atom stereocenters. The van der Waals surface area contributed by atoms with Gasteiger partial charge in [-0.1, -0.05) is 87.8 Å². The van der Waals surface area contributed by atoms with Crippen molar-refractivity contribution in [3.8, 4) is 0 Å². The van der Waals surface area contributed by atoms with Crippen LogP contribution in [0.2, 0.25) is 5.15 Å². The Hall–Kier alpha value is -4.12. The predicted octanol–water partition coefficient (Wildman–Crippen LogP) is 10.7. The summed E-state index contributed by atoms with van der Waals surface area (Å²) in [6.45, 7) is 12.5. The van der Waals surface area contributed by atoms with Crippen LogP contribution in [0.4, 0.5) is 11.4 Å². The van der Waals surface area contributed by atoms with Gasteiger partial charge in [0.15, 0.2) is 5.82 Å². The quantitative estimate of drug-likeness (QED) is 0.0949. The minimum absolute atomic E-state index is 0.156. The van der Waals surface area contributed by atoms with Crippen LogP contribution in [0.1, 0.15) is 62.5 Å². The Kier molecular flexibility index (Phi) is 15.4. The number of halogens is 1. The molecule has 0 amide bonds. The maximum atomic E-state index is 9.33. The molecule has 0 fully saturated rings. The highest BCUT2D eigenvalue weighted by atomic mass is 35.5. The Balaban J connectivity index is 0.000000204. The van der Waals surface area contributed by atoms with Crippen LogP contribution in [0.25, 0.3) is 44.7 Å². The summed E-state index contributed by atoms with van der Waals surface area (Å²) in [5.74, 6) is 1.91. The van der Waals surface area contributed by atoms with Crippen LogP contribution in [0.5, 0.6) is 0 Å². The average Bonchev–Trinajstić information content (AvgIpc) is 3.82. The molecule has 3 aromatic carbocycles. The molecule has 0 saturated heterocycles. The fourth-order valence-electron chi connectivity index (χ4n) is 5.61. The second-order valence-electron chi connectivity index (χ2n) is 13.7. The number of nitrogens with zero attached hydrogens (tertiary/aromatic N) is 5. The minimum Gasteiger partial charge on any atom is -0.395 e. The zero-order valence-corrected chi connectivity index (χ0v) is 33.4. The smallest absolute Gasteiger partial charge is 0.155 e.